The Morgan fingerprint density at radius 1 is 0.500 bits per heavy atom. The molecular weight excluding hydrogens is 558 g/mol. The number of rotatable bonds is 10. The van der Waals surface area contributed by atoms with E-state index in [2.05, 4.69) is 152 Å². The second-order valence-corrected chi connectivity index (χ2v) is 15.0. The summed E-state index contributed by atoms with van der Waals surface area (Å²) in [7, 11) is 0. The van der Waals surface area contributed by atoms with Gasteiger partial charge in [0.25, 0.3) is 0 Å². The second kappa shape index (κ2) is 14.4. The molecule has 0 saturated heterocycles. The molecule has 1 aromatic heterocycles. The van der Waals surface area contributed by atoms with Crippen molar-refractivity contribution in [3.63, 3.8) is 0 Å². The monoisotopic (exact) mass is 615 g/mol. The summed E-state index contributed by atoms with van der Waals surface area (Å²) in [5.74, 6) is 2.39. The SMILES string of the molecule is CC(=Nc1c(C(C)C)cc(C(C)C)cc1C(C)C)c1cc2ccccc2c(C(C)=Nc2c(C(C)C)cc(C(C)C)cc2C(C)C)n1. The zero-order chi connectivity index (χ0) is 34.0. The molecule has 244 valence electrons. The van der Waals surface area contributed by atoms with Crippen LogP contribution in [0.15, 0.2) is 64.6 Å². The van der Waals surface area contributed by atoms with Crippen molar-refractivity contribution in [1.29, 1.82) is 0 Å². The highest BCUT2D eigenvalue weighted by Gasteiger charge is 2.20. The van der Waals surface area contributed by atoms with Gasteiger partial charge in [-0.1, -0.05) is 132 Å². The molecule has 0 amide bonds. The van der Waals surface area contributed by atoms with Gasteiger partial charge in [0.1, 0.15) is 0 Å². The van der Waals surface area contributed by atoms with Gasteiger partial charge in [0, 0.05) is 5.39 Å². The average Bonchev–Trinajstić information content (AvgIpc) is 2.99. The van der Waals surface area contributed by atoms with E-state index in [0.717, 1.165) is 45.0 Å². The van der Waals surface area contributed by atoms with E-state index in [0.29, 0.717) is 35.5 Å². The van der Waals surface area contributed by atoms with Gasteiger partial charge >= 0.3 is 0 Å². The van der Waals surface area contributed by atoms with Crippen molar-refractivity contribution in [2.45, 2.75) is 132 Å². The van der Waals surface area contributed by atoms with E-state index in [1.165, 1.54) is 33.4 Å². The lowest BCUT2D eigenvalue weighted by Gasteiger charge is -2.21. The minimum absolute atomic E-state index is 0.362. The molecule has 0 aliphatic rings. The quantitative estimate of drug-likeness (QED) is 0.164. The lowest BCUT2D eigenvalue weighted by molar-refractivity contribution is 0.805. The molecule has 0 fully saturated rings. The van der Waals surface area contributed by atoms with Crippen LogP contribution in [0.25, 0.3) is 10.8 Å². The topological polar surface area (TPSA) is 37.6 Å². The fraction of sp³-hybridized carbons (Fsp3) is 0.465. The van der Waals surface area contributed by atoms with Gasteiger partial charge in [-0.2, -0.15) is 0 Å². The molecule has 46 heavy (non-hydrogen) atoms. The number of pyridine rings is 1. The van der Waals surface area contributed by atoms with Crippen LogP contribution in [0.4, 0.5) is 11.4 Å². The van der Waals surface area contributed by atoms with E-state index in [1.807, 2.05) is 0 Å². The van der Waals surface area contributed by atoms with E-state index in [-0.39, 0.29) is 0 Å². The van der Waals surface area contributed by atoms with E-state index in [4.69, 9.17) is 15.0 Å². The Morgan fingerprint density at radius 3 is 1.28 bits per heavy atom. The van der Waals surface area contributed by atoms with Crippen LogP contribution in [-0.4, -0.2) is 16.4 Å². The number of hydrogen-bond acceptors (Lipinski definition) is 3. The van der Waals surface area contributed by atoms with Crippen LogP contribution in [-0.2, 0) is 0 Å². The first-order valence-electron chi connectivity index (χ1n) is 17.5. The molecule has 0 unspecified atom stereocenters. The highest BCUT2D eigenvalue weighted by molar-refractivity contribution is 6.11. The minimum atomic E-state index is 0.362. The summed E-state index contributed by atoms with van der Waals surface area (Å²) in [6, 6.07) is 20.2. The first-order valence-corrected chi connectivity index (χ1v) is 17.5. The van der Waals surface area contributed by atoms with E-state index >= 15 is 0 Å². The molecule has 0 aliphatic carbocycles. The minimum Gasteiger partial charge on any atom is -0.251 e. The number of aromatic nitrogens is 1. The van der Waals surface area contributed by atoms with Crippen LogP contribution >= 0.6 is 0 Å². The molecule has 1 heterocycles. The van der Waals surface area contributed by atoms with E-state index < -0.39 is 0 Å². The highest BCUT2D eigenvalue weighted by atomic mass is 14.8. The Bertz CT molecular complexity index is 1700. The van der Waals surface area contributed by atoms with Crippen LogP contribution < -0.4 is 0 Å². The van der Waals surface area contributed by atoms with Crippen molar-refractivity contribution in [3.05, 3.63) is 99.4 Å². The summed E-state index contributed by atoms with van der Waals surface area (Å²) in [5.41, 5.74) is 13.8. The second-order valence-electron chi connectivity index (χ2n) is 15.0. The third kappa shape index (κ3) is 7.51. The van der Waals surface area contributed by atoms with Crippen molar-refractivity contribution in [1.82, 2.24) is 4.98 Å². The Kier molecular flexibility index (Phi) is 11.1. The third-order valence-electron chi connectivity index (χ3n) is 9.22. The maximum atomic E-state index is 5.42. The Hall–Kier alpha value is -3.59. The Balaban J connectivity index is 1.97. The smallest absolute Gasteiger partial charge is 0.0928 e. The molecule has 0 radical (unpaired) electrons. The average molecular weight is 616 g/mol. The van der Waals surface area contributed by atoms with Crippen LogP contribution in [0, 0.1) is 0 Å². The molecule has 4 aromatic rings. The zero-order valence-electron chi connectivity index (χ0n) is 31.0. The number of aliphatic imine (C=N–C) groups is 2. The Labute approximate surface area is 279 Å². The summed E-state index contributed by atoms with van der Waals surface area (Å²) in [5, 5.41) is 2.27. The van der Waals surface area contributed by atoms with Crippen molar-refractivity contribution < 1.29 is 0 Å². The molecule has 0 saturated carbocycles. The first kappa shape index (κ1) is 35.3. The lowest BCUT2D eigenvalue weighted by atomic mass is 9.87. The van der Waals surface area contributed by atoms with Crippen LogP contribution in [0.5, 0.6) is 0 Å². The van der Waals surface area contributed by atoms with Gasteiger partial charge < -0.3 is 0 Å². The van der Waals surface area contributed by atoms with Crippen LogP contribution in [0.2, 0.25) is 0 Å². The molecule has 3 aromatic carbocycles. The molecule has 4 rings (SSSR count). The fourth-order valence-electron chi connectivity index (χ4n) is 6.20. The molecule has 3 heteroatoms. The summed E-state index contributed by atoms with van der Waals surface area (Å²) in [4.78, 5) is 16.1. The van der Waals surface area contributed by atoms with Crippen molar-refractivity contribution >= 4 is 33.6 Å². The summed E-state index contributed by atoms with van der Waals surface area (Å²) in [6.45, 7) is 31.5. The summed E-state index contributed by atoms with van der Waals surface area (Å²) < 4.78 is 0. The fourth-order valence-corrected chi connectivity index (χ4v) is 6.20. The van der Waals surface area contributed by atoms with Gasteiger partial charge in [-0.15, -0.1) is 0 Å². The molecule has 0 atom stereocenters. The highest BCUT2D eigenvalue weighted by Crippen LogP contribution is 2.40. The van der Waals surface area contributed by atoms with Gasteiger partial charge in [0.05, 0.1) is 34.2 Å². The van der Waals surface area contributed by atoms with Crippen molar-refractivity contribution in [2.24, 2.45) is 9.98 Å². The molecule has 0 aliphatic heterocycles. The predicted molar refractivity (Wildman–Crippen MR) is 203 cm³/mol. The molecular formula is C43H57N3. The molecule has 0 spiro atoms. The molecule has 0 N–H and O–H groups in total. The number of hydrogen-bond donors (Lipinski definition) is 0. The summed E-state index contributed by atoms with van der Waals surface area (Å²) in [6.07, 6.45) is 0. The van der Waals surface area contributed by atoms with Crippen molar-refractivity contribution in [3.8, 4) is 0 Å². The normalized spacial score (nSPS) is 13.1. The van der Waals surface area contributed by atoms with Crippen LogP contribution in [0.1, 0.15) is 177 Å². The van der Waals surface area contributed by atoms with Gasteiger partial charge in [0.2, 0.25) is 0 Å². The maximum Gasteiger partial charge on any atom is 0.0928 e. The van der Waals surface area contributed by atoms with Gasteiger partial charge in [0.15, 0.2) is 0 Å². The maximum absolute atomic E-state index is 5.42. The van der Waals surface area contributed by atoms with E-state index in [1.54, 1.807) is 0 Å². The first-order chi connectivity index (χ1) is 21.6. The number of nitrogens with zero attached hydrogens (tertiary/aromatic N) is 3. The zero-order valence-corrected chi connectivity index (χ0v) is 31.0. The summed E-state index contributed by atoms with van der Waals surface area (Å²) >= 11 is 0. The van der Waals surface area contributed by atoms with Crippen LogP contribution in [0.3, 0.4) is 0 Å². The predicted octanol–water partition coefficient (Wildman–Crippen LogP) is 13.3. The lowest BCUT2D eigenvalue weighted by Crippen LogP contribution is -2.08. The van der Waals surface area contributed by atoms with E-state index in [9.17, 15) is 0 Å². The van der Waals surface area contributed by atoms with Crippen molar-refractivity contribution in [2.75, 3.05) is 0 Å². The molecule has 0 bridgehead atoms. The number of fused-ring (bicyclic) bond motifs is 1. The standard InChI is InChI=1S/C43H57N3/c1-24(2)33-19-36(26(5)6)42(37(20-33)27(7)8)44-30(13)40-23-32-17-15-16-18-35(32)41(46-40)31(14)45-43-38(28(9)10)21-34(25(3)4)22-39(43)29(11)12/h15-29H,1-14H3. The van der Waals surface area contributed by atoms with Gasteiger partial charge in [-0.3, -0.25) is 9.98 Å². The number of benzene rings is 3. The van der Waals surface area contributed by atoms with Gasteiger partial charge in [-0.05, 0) is 94.2 Å². The Morgan fingerprint density at radius 2 is 0.891 bits per heavy atom. The third-order valence-corrected chi connectivity index (χ3v) is 9.22. The molecule has 3 nitrogen and oxygen atoms in total. The van der Waals surface area contributed by atoms with Gasteiger partial charge in [-0.25, -0.2) is 4.98 Å². The largest absolute Gasteiger partial charge is 0.251 e.